The van der Waals surface area contributed by atoms with Crippen LogP contribution in [0.3, 0.4) is 0 Å². The minimum Gasteiger partial charge on any atom is -0.466 e. The molecule has 0 aromatic rings. The number of ether oxygens (including phenoxy) is 1. The molecular weight excluding hydrogens is 360 g/mol. The van der Waals surface area contributed by atoms with Gasteiger partial charge in [0.1, 0.15) is 0 Å². The van der Waals surface area contributed by atoms with E-state index < -0.39 is 0 Å². The quantitative estimate of drug-likeness (QED) is 0.648. The molecule has 0 N–H and O–H groups in total. The lowest BCUT2D eigenvalue weighted by atomic mass is 9.91. The first-order valence-corrected chi connectivity index (χ1v) is 11.7. The minimum absolute atomic E-state index is 0.0437. The first-order chi connectivity index (χ1) is 13.2. The van der Waals surface area contributed by atoms with Crippen LogP contribution in [0.4, 0.5) is 4.79 Å². The molecular formula is C21H32N2O3S. The Morgan fingerprint density at radius 3 is 2.56 bits per heavy atom. The van der Waals surface area contributed by atoms with E-state index in [1.807, 2.05) is 11.8 Å². The Morgan fingerprint density at radius 1 is 1.04 bits per heavy atom. The van der Waals surface area contributed by atoms with E-state index >= 15 is 0 Å². The van der Waals surface area contributed by atoms with E-state index in [1.165, 1.54) is 42.7 Å². The van der Waals surface area contributed by atoms with Crippen molar-refractivity contribution in [2.75, 3.05) is 19.7 Å². The first-order valence-electron chi connectivity index (χ1n) is 10.8. The molecule has 2 heterocycles. The molecule has 2 aliphatic heterocycles. The normalized spacial score (nSPS) is 29.2. The SMILES string of the molecule is CCOC(=O)C1CCN(C(=O)N2C3=C(CCCC3)SC3CCCCC32)CC1. The lowest BCUT2D eigenvalue weighted by Gasteiger charge is -2.48. The van der Waals surface area contributed by atoms with Gasteiger partial charge in [-0.25, -0.2) is 4.79 Å². The summed E-state index contributed by atoms with van der Waals surface area (Å²) >= 11 is 2.08. The summed E-state index contributed by atoms with van der Waals surface area (Å²) in [6.45, 7) is 3.63. The van der Waals surface area contributed by atoms with Crippen LogP contribution in [0.2, 0.25) is 0 Å². The maximum absolute atomic E-state index is 13.6. The third-order valence-corrected chi connectivity index (χ3v) is 8.14. The van der Waals surface area contributed by atoms with Gasteiger partial charge in [0.2, 0.25) is 0 Å². The van der Waals surface area contributed by atoms with Crippen molar-refractivity contribution >= 4 is 23.8 Å². The van der Waals surface area contributed by atoms with Crippen molar-refractivity contribution in [3.63, 3.8) is 0 Å². The number of allylic oxidation sites excluding steroid dienone is 2. The van der Waals surface area contributed by atoms with Gasteiger partial charge < -0.3 is 9.64 Å². The molecule has 27 heavy (non-hydrogen) atoms. The molecule has 2 atom stereocenters. The summed E-state index contributed by atoms with van der Waals surface area (Å²) in [6, 6.07) is 0.569. The Balaban J connectivity index is 1.48. The van der Waals surface area contributed by atoms with Gasteiger partial charge in [-0.2, -0.15) is 0 Å². The molecule has 4 aliphatic rings. The van der Waals surface area contributed by atoms with E-state index in [0.717, 1.165) is 32.1 Å². The van der Waals surface area contributed by atoms with Crippen molar-refractivity contribution in [3.8, 4) is 0 Å². The smallest absolute Gasteiger partial charge is 0.324 e. The van der Waals surface area contributed by atoms with Crippen molar-refractivity contribution in [3.05, 3.63) is 10.6 Å². The van der Waals surface area contributed by atoms with E-state index in [9.17, 15) is 9.59 Å². The molecule has 1 saturated carbocycles. The first kappa shape index (κ1) is 19.2. The molecule has 0 aromatic carbocycles. The van der Waals surface area contributed by atoms with Gasteiger partial charge in [-0.3, -0.25) is 9.69 Å². The number of urea groups is 1. The molecule has 0 bridgehead atoms. The highest BCUT2D eigenvalue weighted by molar-refractivity contribution is 8.03. The van der Waals surface area contributed by atoms with E-state index in [2.05, 4.69) is 16.7 Å². The maximum Gasteiger partial charge on any atom is 0.324 e. The number of carbonyl (C=O) groups is 2. The number of fused-ring (bicyclic) bond motifs is 1. The molecule has 2 amide bonds. The fourth-order valence-electron chi connectivity index (χ4n) is 5.11. The maximum atomic E-state index is 13.6. The number of nitrogens with zero attached hydrogens (tertiary/aromatic N) is 2. The van der Waals surface area contributed by atoms with E-state index in [1.54, 1.807) is 0 Å². The summed E-state index contributed by atoms with van der Waals surface area (Å²) in [7, 11) is 0. The predicted octanol–water partition coefficient (Wildman–Crippen LogP) is 4.53. The topological polar surface area (TPSA) is 49.9 Å². The Kier molecular flexibility index (Phi) is 6.00. The van der Waals surface area contributed by atoms with Crippen LogP contribution in [-0.2, 0) is 9.53 Å². The van der Waals surface area contributed by atoms with Gasteiger partial charge in [-0.05, 0) is 58.3 Å². The number of amides is 2. The zero-order chi connectivity index (χ0) is 18.8. The summed E-state index contributed by atoms with van der Waals surface area (Å²) < 4.78 is 5.17. The summed E-state index contributed by atoms with van der Waals surface area (Å²) in [5.41, 5.74) is 1.33. The zero-order valence-corrected chi connectivity index (χ0v) is 17.3. The molecule has 4 rings (SSSR count). The Labute approximate surface area is 166 Å². The van der Waals surface area contributed by atoms with E-state index in [-0.39, 0.29) is 17.9 Å². The third-order valence-electron chi connectivity index (χ3n) is 6.56. The van der Waals surface area contributed by atoms with Crippen molar-refractivity contribution in [1.29, 1.82) is 0 Å². The number of carbonyl (C=O) groups excluding carboxylic acids is 2. The van der Waals surface area contributed by atoms with Crippen LogP contribution in [-0.4, -0.2) is 52.8 Å². The van der Waals surface area contributed by atoms with Gasteiger partial charge in [0, 0.05) is 28.9 Å². The van der Waals surface area contributed by atoms with Gasteiger partial charge in [0.05, 0.1) is 18.6 Å². The molecule has 1 saturated heterocycles. The van der Waals surface area contributed by atoms with Gasteiger partial charge >= 0.3 is 12.0 Å². The fraction of sp³-hybridized carbons (Fsp3) is 0.810. The lowest BCUT2D eigenvalue weighted by Crippen LogP contribution is -2.55. The fourth-order valence-corrected chi connectivity index (χ4v) is 6.78. The van der Waals surface area contributed by atoms with Gasteiger partial charge in [0.15, 0.2) is 0 Å². The number of thioether (sulfide) groups is 1. The average molecular weight is 393 g/mol. The van der Waals surface area contributed by atoms with Gasteiger partial charge in [0.25, 0.3) is 0 Å². The van der Waals surface area contributed by atoms with Crippen LogP contribution in [0.25, 0.3) is 0 Å². The van der Waals surface area contributed by atoms with Crippen molar-refractivity contribution in [2.24, 2.45) is 5.92 Å². The standard InChI is InChI=1S/C21H32N2O3S/c1-2-26-20(24)15-11-13-22(14-12-15)21(25)23-16-7-3-5-9-18(16)27-19-10-6-4-8-17(19)23/h15-16,18H,2-14H2,1H3. The van der Waals surface area contributed by atoms with Gasteiger partial charge in [-0.15, -0.1) is 11.8 Å². The average Bonchev–Trinajstić information content (AvgIpc) is 2.72. The molecule has 0 spiro atoms. The minimum atomic E-state index is -0.0939. The Hall–Kier alpha value is -1.17. The Morgan fingerprint density at radius 2 is 1.78 bits per heavy atom. The second kappa shape index (κ2) is 8.46. The number of rotatable bonds is 2. The van der Waals surface area contributed by atoms with Crippen LogP contribution in [0.15, 0.2) is 10.6 Å². The zero-order valence-electron chi connectivity index (χ0n) is 16.5. The number of likely N-dealkylation sites (tertiary alicyclic amines) is 1. The van der Waals surface area contributed by atoms with Crippen LogP contribution < -0.4 is 0 Å². The number of hydrogen-bond donors (Lipinski definition) is 0. The molecule has 6 heteroatoms. The third kappa shape index (κ3) is 3.87. The van der Waals surface area contributed by atoms with Crippen molar-refractivity contribution in [1.82, 2.24) is 9.80 Å². The molecule has 150 valence electrons. The highest BCUT2D eigenvalue weighted by Gasteiger charge is 2.43. The molecule has 0 radical (unpaired) electrons. The summed E-state index contributed by atoms with van der Waals surface area (Å²) in [6.07, 6.45) is 11.0. The monoisotopic (exact) mass is 392 g/mol. The second-order valence-corrected chi connectivity index (χ2v) is 9.59. The number of esters is 1. The Bertz CT molecular complexity index is 613. The van der Waals surface area contributed by atoms with E-state index in [0.29, 0.717) is 31.0 Å². The second-order valence-electron chi connectivity index (χ2n) is 8.25. The van der Waals surface area contributed by atoms with Crippen LogP contribution >= 0.6 is 11.8 Å². The van der Waals surface area contributed by atoms with Crippen LogP contribution in [0.5, 0.6) is 0 Å². The number of hydrogen-bond acceptors (Lipinski definition) is 4. The largest absolute Gasteiger partial charge is 0.466 e. The molecule has 2 unspecified atom stereocenters. The summed E-state index contributed by atoms with van der Waals surface area (Å²) in [5.74, 6) is -0.138. The predicted molar refractivity (Wildman–Crippen MR) is 107 cm³/mol. The molecule has 2 fully saturated rings. The van der Waals surface area contributed by atoms with E-state index in [4.69, 9.17) is 4.74 Å². The number of piperidine rings is 1. The highest BCUT2D eigenvalue weighted by atomic mass is 32.2. The van der Waals surface area contributed by atoms with Crippen LogP contribution in [0.1, 0.15) is 71.1 Å². The van der Waals surface area contributed by atoms with Crippen molar-refractivity contribution < 1.29 is 14.3 Å². The highest BCUT2D eigenvalue weighted by Crippen LogP contribution is 2.48. The summed E-state index contributed by atoms with van der Waals surface area (Å²) in [5, 5.41) is 0.580. The summed E-state index contributed by atoms with van der Waals surface area (Å²) in [4.78, 5) is 31.3. The lowest BCUT2D eigenvalue weighted by molar-refractivity contribution is -0.149. The van der Waals surface area contributed by atoms with Crippen molar-refractivity contribution in [2.45, 2.75) is 82.4 Å². The van der Waals surface area contributed by atoms with Crippen LogP contribution in [0, 0.1) is 5.92 Å². The van der Waals surface area contributed by atoms with Gasteiger partial charge in [-0.1, -0.05) is 12.8 Å². The molecule has 2 aliphatic carbocycles. The molecule has 5 nitrogen and oxygen atoms in total. The molecule has 0 aromatic heterocycles.